The van der Waals surface area contributed by atoms with Gasteiger partial charge < -0.3 is 21.0 Å². The highest BCUT2D eigenvalue weighted by molar-refractivity contribution is 7.91. The van der Waals surface area contributed by atoms with Gasteiger partial charge in [-0.25, -0.2) is 18.4 Å². The molecule has 4 rings (SSSR count). The first-order valence-electron chi connectivity index (χ1n) is 8.05. The Kier molecular flexibility index (Phi) is 3.79. The van der Waals surface area contributed by atoms with Crippen LogP contribution in [0.4, 0.5) is 0 Å². The number of aromatic amines is 1. The van der Waals surface area contributed by atoms with E-state index in [1.807, 2.05) is 6.07 Å². The minimum Gasteiger partial charge on any atom is -0.346 e. The molecule has 0 saturated heterocycles. The second kappa shape index (κ2) is 5.90. The summed E-state index contributed by atoms with van der Waals surface area (Å²) in [5.74, 6) is 0. The van der Waals surface area contributed by atoms with Gasteiger partial charge in [0.1, 0.15) is 11.2 Å². The van der Waals surface area contributed by atoms with Crippen LogP contribution in [0.1, 0.15) is 11.7 Å². The quantitative estimate of drug-likeness (QED) is 0.498. The van der Waals surface area contributed by atoms with Crippen LogP contribution in [0, 0.1) is 6.92 Å². The number of pyridine rings is 1. The molecule has 5 N–H and O–H groups in total. The van der Waals surface area contributed by atoms with E-state index >= 15 is 0 Å². The predicted octanol–water partition coefficient (Wildman–Crippen LogP) is 1.47. The lowest BCUT2D eigenvalue weighted by Crippen LogP contribution is -2.26. The maximum absolute atomic E-state index is 13.3. The Bertz CT molecular complexity index is 1220. The molecule has 3 heterocycles. The van der Waals surface area contributed by atoms with E-state index in [9.17, 15) is 8.42 Å². The van der Waals surface area contributed by atoms with E-state index in [0.717, 1.165) is 5.39 Å². The monoisotopic (exact) mass is 370 g/mol. The van der Waals surface area contributed by atoms with Crippen molar-refractivity contribution in [3.05, 3.63) is 48.4 Å². The van der Waals surface area contributed by atoms with E-state index < -0.39 is 16.0 Å². The smallest absolute Gasteiger partial charge is 0.226 e. The fraction of sp³-hybridized carbons (Fsp3) is 0.176. The molecule has 0 spiro atoms. The van der Waals surface area contributed by atoms with Crippen LogP contribution in [-0.2, 0) is 9.84 Å². The van der Waals surface area contributed by atoms with Crippen LogP contribution < -0.4 is 11.5 Å². The molecule has 0 aliphatic heterocycles. The number of hydrogen-bond acceptors (Lipinski definition) is 6. The first-order chi connectivity index (χ1) is 12.4. The summed E-state index contributed by atoms with van der Waals surface area (Å²) in [6.45, 7) is 1.94. The zero-order valence-electron chi connectivity index (χ0n) is 14.0. The summed E-state index contributed by atoms with van der Waals surface area (Å²) in [6.07, 6.45) is 2.69. The van der Waals surface area contributed by atoms with Gasteiger partial charge >= 0.3 is 0 Å². The second-order valence-corrected chi connectivity index (χ2v) is 7.91. The number of aromatic nitrogens is 4. The van der Waals surface area contributed by atoms with Gasteiger partial charge in [0.05, 0.1) is 22.9 Å². The van der Waals surface area contributed by atoms with Crippen LogP contribution >= 0.6 is 0 Å². The standard InChI is InChI=1S/C17H18N6O2S/c1-10-4-2-3-5-12(10)26(24,25)17-14-15(11-6-7-20-16(11)22-17)23(9-21-14)13(19)8-18/h2-7,9,13H,8,18-19H2,1H3,(H,20,22). The summed E-state index contributed by atoms with van der Waals surface area (Å²) in [4.78, 5) is 11.9. The molecule has 8 nitrogen and oxygen atoms in total. The zero-order valence-corrected chi connectivity index (χ0v) is 14.9. The van der Waals surface area contributed by atoms with Crippen molar-refractivity contribution in [1.29, 1.82) is 0 Å². The topological polar surface area (TPSA) is 133 Å². The number of H-pyrrole nitrogens is 1. The van der Waals surface area contributed by atoms with Gasteiger partial charge in [0.2, 0.25) is 9.84 Å². The Morgan fingerprint density at radius 2 is 2.04 bits per heavy atom. The Balaban J connectivity index is 2.10. The van der Waals surface area contributed by atoms with E-state index in [2.05, 4.69) is 15.0 Å². The molecule has 0 saturated carbocycles. The Morgan fingerprint density at radius 3 is 2.77 bits per heavy atom. The minimum atomic E-state index is -3.86. The fourth-order valence-electron chi connectivity index (χ4n) is 3.10. The number of sulfone groups is 1. The van der Waals surface area contributed by atoms with Crippen molar-refractivity contribution >= 4 is 31.9 Å². The van der Waals surface area contributed by atoms with Gasteiger partial charge in [-0.05, 0) is 24.6 Å². The largest absolute Gasteiger partial charge is 0.346 e. The van der Waals surface area contributed by atoms with Crippen LogP contribution in [-0.4, -0.2) is 34.5 Å². The van der Waals surface area contributed by atoms with Crippen molar-refractivity contribution < 1.29 is 8.42 Å². The lowest BCUT2D eigenvalue weighted by molar-refractivity contribution is 0.547. The normalized spacial score (nSPS) is 13.5. The molecule has 1 atom stereocenters. The number of fused-ring (bicyclic) bond motifs is 3. The molecule has 1 unspecified atom stereocenters. The molecule has 0 fully saturated rings. The molecule has 9 heteroatoms. The van der Waals surface area contributed by atoms with Gasteiger partial charge in [0.25, 0.3) is 0 Å². The highest BCUT2D eigenvalue weighted by atomic mass is 32.2. The number of aryl methyl sites for hydroxylation is 1. The summed E-state index contributed by atoms with van der Waals surface area (Å²) in [6, 6.07) is 8.61. The first-order valence-corrected chi connectivity index (χ1v) is 9.53. The number of nitrogens with two attached hydrogens (primary N) is 2. The lowest BCUT2D eigenvalue weighted by Gasteiger charge is -2.13. The van der Waals surface area contributed by atoms with Gasteiger partial charge in [-0.1, -0.05) is 18.2 Å². The molecule has 0 aliphatic carbocycles. The van der Waals surface area contributed by atoms with Crippen LogP contribution in [0.15, 0.2) is 52.8 Å². The van der Waals surface area contributed by atoms with Crippen molar-refractivity contribution in [3.8, 4) is 0 Å². The number of imidazole rings is 1. The van der Waals surface area contributed by atoms with Crippen molar-refractivity contribution in [3.63, 3.8) is 0 Å². The molecule has 4 aromatic rings. The molecule has 0 radical (unpaired) electrons. The van der Waals surface area contributed by atoms with Gasteiger partial charge in [0.15, 0.2) is 5.03 Å². The summed E-state index contributed by atoms with van der Waals surface area (Å²) in [5.41, 5.74) is 13.7. The minimum absolute atomic E-state index is 0.0975. The number of nitrogens with one attached hydrogen (secondary N) is 1. The molecule has 0 bridgehead atoms. The van der Waals surface area contributed by atoms with Crippen LogP contribution in [0.5, 0.6) is 0 Å². The van der Waals surface area contributed by atoms with Gasteiger partial charge in [-0.15, -0.1) is 0 Å². The van der Waals surface area contributed by atoms with Crippen molar-refractivity contribution in [2.75, 3.05) is 6.54 Å². The Labute approximate surface area is 149 Å². The van der Waals surface area contributed by atoms with E-state index in [1.165, 1.54) is 6.33 Å². The third-order valence-electron chi connectivity index (χ3n) is 4.43. The molecule has 1 aromatic carbocycles. The van der Waals surface area contributed by atoms with Crippen molar-refractivity contribution in [1.82, 2.24) is 19.5 Å². The summed E-state index contributed by atoms with van der Waals surface area (Å²) >= 11 is 0. The molecule has 0 aliphatic rings. The van der Waals surface area contributed by atoms with Crippen LogP contribution in [0.25, 0.3) is 22.1 Å². The highest BCUT2D eigenvalue weighted by Gasteiger charge is 2.28. The predicted molar refractivity (Wildman–Crippen MR) is 98.3 cm³/mol. The van der Waals surface area contributed by atoms with E-state index in [-0.39, 0.29) is 22.0 Å². The summed E-state index contributed by atoms with van der Waals surface area (Å²) in [7, 11) is -3.86. The number of benzene rings is 1. The van der Waals surface area contributed by atoms with Gasteiger partial charge in [-0.3, -0.25) is 0 Å². The zero-order chi connectivity index (χ0) is 18.5. The fourth-order valence-corrected chi connectivity index (χ4v) is 4.67. The van der Waals surface area contributed by atoms with Crippen molar-refractivity contribution in [2.45, 2.75) is 23.0 Å². The number of rotatable bonds is 4. The first kappa shape index (κ1) is 16.7. The van der Waals surface area contributed by atoms with Gasteiger partial charge in [0, 0.05) is 18.1 Å². The SMILES string of the molecule is Cc1ccccc1S(=O)(=O)c1nc2[nH]ccc2c2c1ncn2C(N)CN. The number of nitrogens with zero attached hydrogens (tertiary/aromatic N) is 3. The average molecular weight is 370 g/mol. The summed E-state index contributed by atoms with van der Waals surface area (Å²) in [5, 5.41) is 0.643. The van der Waals surface area contributed by atoms with E-state index in [0.29, 0.717) is 16.7 Å². The second-order valence-electron chi connectivity index (χ2n) is 6.08. The Hall–Kier alpha value is -2.75. The van der Waals surface area contributed by atoms with E-state index in [1.54, 1.807) is 42.0 Å². The maximum Gasteiger partial charge on any atom is 0.226 e. The molecule has 134 valence electrons. The Morgan fingerprint density at radius 1 is 1.27 bits per heavy atom. The van der Waals surface area contributed by atoms with Gasteiger partial charge in [-0.2, -0.15) is 0 Å². The van der Waals surface area contributed by atoms with Crippen molar-refractivity contribution in [2.24, 2.45) is 11.5 Å². The van der Waals surface area contributed by atoms with Crippen LogP contribution in [0.2, 0.25) is 0 Å². The average Bonchev–Trinajstić information content (AvgIpc) is 3.26. The molecule has 26 heavy (non-hydrogen) atoms. The molecule has 0 amide bonds. The lowest BCUT2D eigenvalue weighted by atomic mass is 10.2. The molecule has 3 aromatic heterocycles. The third kappa shape index (κ3) is 2.32. The molecular weight excluding hydrogens is 352 g/mol. The maximum atomic E-state index is 13.3. The molecular formula is C17H18N6O2S. The highest BCUT2D eigenvalue weighted by Crippen LogP contribution is 2.32. The van der Waals surface area contributed by atoms with E-state index in [4.69, 9.17) is 11.5 Å². The number of hydrogen-bond donors (Lipinski definition) is 3. The summed E-state index contributed by atoms with van der Waals surface area (Å²) < 4.78 is 28.3. The van der Waals surface area contributed by atoms with Crippen LogP contribution in [0.3, 0.4) is 0 Å². The third-order valence-corrected chi connectivity index (χ3v) is 6.26.